The molecule has 2 aromatic heterocycles. The topological polar surface area (TPSA) is 68.7 Å². The lowest BCUT2D eigenvalue weighted by Gasteiger charge is -2.16. The lowest BCUT2D eigenvalue weighted by molar-refractivity contribution is 0.0713. The van der Waals surface area contributed by atoms with E-state index in [-0.39, 0.29) is 24.8 Å². The highest BCUT2D eigenvalue weighted by atomic mass is 16.5. The summed E-state index contributed by atoms with van der Waals surface area (Å²) in [5, 5.41) is 3.99. The van der Waals surface area contributed by atoms with E-state index >= 15 is 0 Å². The van der Waals surface area contributed by atoms with Crippen LogP contribution in [0.5, 0.6) is 5.75 Å². The number of ether oxygens (including phenoxy) is 1. The minimum absolute atomic E-state index is 0.143. The maximum absolute atomic E-state index is 12.7. The highest BCUT2D eigenvalue weighted by molar-refractivity contribution is 5.91. The molecule has 3 rings (SSSR count). The summed E-state index contributed by atoms with van der Waals surface area (Å²) in [5.74, 6) is 3.70. The summed E-state index contributed by atoms with van der Waals surface area (Å²) < 4.78 is 15.7. The fourth-order valence-corrected chi connectivity index (χ4v) is 2.54. The molecule has 6 nitrogen and oxygen atoms in total. The van der Waals surface area contributed by atoms with Crippen LogP contribution in [0.1, 0.15) is 27.6 Å². The van der Waals surface area contributed by atoms with E-state index < -0.39 is 0 Å². The fraction of sp³-hybridized carbons (Fsp3) is 0.200. The van der Waals surface area contributed by atoms with Crippen LogP contribution in [0, 0.1) is 12.3 Å². The van der Waals surface area contributed by atoms with E-state index in [4.69, 9.17) is 20.1 Å². The van der Waals surface area contributed by atoms with Gasteiger partial charge in [-0.15, -0.1) is 6.42 Å². The van der Waals surface area contributed by atoms with E-state index in [9.17, 15) is 4.79 Å². The number of hydrogen-bond donors (Lipinski definition) is 0. The van der Waals surface area contributed by atoms with E-state index in [2.05, 4.69) is 11.1 Å². The number of aromatic nitrogens is 1. The molecule has 26 heavy (non-hydrogen) atoms. The quantitative estimate of drug-likeness (QED) is 0.612. The minimum atomic E-state index is -0.330. The maximum Gasteiger partial charge on any atom is 0.293 e. The summed E-state index contributed by atoms with van der Waals surface area (Å²) in [6.07, 6.45) is 7.46. The third kappa shape index (κ3) is 4.14. The standard InChI is InChI=1S/C20H18N2O4/c1-3-9-22(14-18-8-5-10-25-18)20(23)19-13-16(21-26-19)11-15-6-4-7-17(12-15)24-2/h1,4-8,10,12-13H,9,11,14H2,2H3. The van der Waals surface area contributed by atoms with Crippen molar-refractivity contribution in [2.45, 2.75) is 13.0 Å². The van der Waals surface area contributed by atoms with Crippen molar-refractivity contribution in [1.29, 1.82) is 0 Å². The lowest BCUT2D eigenvalue weighted by Crippen LogP contribution is -2.30. The van der Waals surface area contributed by atoms with E-state index in [0.717, 1.165) is 11.3 Å². The smallest absolute Gasteiger partial charge is 0.293 e. The van der Waals surface area contributed by atoms with Gasteiger partial charge in [0.1, 0.15) is 11.5 Å². The first-order valence-corrected chi connectivity index (χ1v) is 8.03. The number of benzene rings is 1. The third-order valence-corrected chi connectivity index (χ3v) is 3.79. The molecule has 0 N–H and O–H groups in total. The number of carbonyl (C=O) groups excluding carboxylic acids is 1. The molecule has 0 spiro atoms. The second kappa shape index (κ2) is 8.08. The van der Waals surface area contributed by atoms with Gasteiger partial charge in [0.15, 0.2) is 0 Å². The number of carbonyl (C=O) groups is 1. The summed E-state index contributed by atoms with van der Waals surface area (Å²) in [6, 6.07) is 12.8. The maximum atomic E-state index is 12.7. The van der Waals surface area contributed by atoms with Gasteiger partial charge in [0.2, 0.25) is 5.76 Å². The number of hydrogen-bond acceptors (Lipinski definition) is 5. The van der Waals surface area contributed by atoms with Crippen LogP contribution in [0.4, 0.5) is 0 Å². The normalized spacial score (nSPS) is 10.3. The van der Waals surface area contributed by atoms with Crippen molar-refractivity contribution in [3.05, 3.63) is 71.5 Å². The molecule has 0 atom stereocenters. The van der Waals surface area contributed by atoms with Crippen molar-refractivity contribution in [2.75, 3.05) is 13.7 Å². The first-order chi connectivity index (χ1) is 12.7. The van der Waals surface area contributed by atoms with Crippen molar-refractivity contribution in [3.63, 3.8) is 0 Å². The third-order valence-electron chi connectivity index (χ3n) is 3.79. The largest absolute Gasteiger partial charge is 0.497 e. The fourth-order valence-electron chi connectivity index (χ4n) is 2.54. The molecule has 132 valence electrons. The van der Waals surface area contributed by atoms with E-state index in [1.165, 1.54) is 4.90 Å². The molecule has 0 saturated carbocycles. The van der Waals surface area contributed by atoms with Crippen molar-refractivity contribution < 1.29 is 18.5 Å². The molecule has 0 aliphatic carbocycles. The van der Waals surface area contributed by atoms with Crippen molar-refractivity contribution in [2.24, 2.45) is 0 Å². The van der Waals surface area contributed by atoms with Crippen molar-refractivity contribution in [1.82, 2.24) is 10.1 Å². The van der Waals surface area contributed by atoms with Gasteiger partial charge in [-0.3, -0.25) is 4.79 Å². The Labute approximate surface area is 151 Å². The molecule has 2 heterocycles. The van der Waals surface area contributed by atoms with Gasteiger partial charge in [-0.05, 0) is 29.8 Å². The zero-order valence-electron chi connectivity index (χ0n) is 14.3. The Morgan fingerprint density at radius 1 is 1.31 bits per heavy atom. The van der Waals surface area contributed by atoms with Gasteiger partial charge in [-0.2, -0.15) is 0 Å². The van der Waals surface area contributed by atoms with Crippen LogP contribution in [-0.4, -0.2) is 29.6 Å². The number of furan rings is 1. The Kier molecular flexibility index (Phi) is 5.40. The lowest BCUT2D eigenvalue weighted by atomic mass is 10.1. The SMILES string of the molecule is C#CCN(Cc1ccco1)C(=O)c1cc(Cc2cccc(OC)c2)no1. The molecular weight excluding hydrogens is 332 g/mol. The van der Waals surface area contributed by atoms with Crippen LogP contribution < -0.4 is 4.74 Å². The van der Waals surface area contributed by atoms with Crippen LogP contribution in [0.2, 0.25) is 0 Å². The molecule has 0 unspecified atom stereocenters. The van der Waals surface area contributed by atoms with E-state index in [1.54, 1.807) is 31.6 Å². The first-order valence-electron chi connectivity index (χ1n) is 8.03. The van der Waals surface area contributed by atoms with Crippen LogP contribution >= 0.6 is 0 Å². The van der Waals surface area contributed by atoms with Gasteiger partial charge in [-0.1, -0.05) is 23.2 Å². The molecule has 3 aromatic rings. The summed E-state index contributed by atoms with van der Waals surface area (Å²) in [6.45, 7) is 0.410. The molecule has 0 aliphatic rings. The zero-order valence-corrected chi connectivity index (χ0v) is 14.3. The molecule has 6 heteroatoms. The molecule has 0 saturated heterocycles. The summed E-state index contributed by atoms with van der Waals surface area (Å²) in [4.78, 5) is 14.1. The average Bonchev–Trinajstić information content (AvgIpc) is 3.33. The van der Waals surface area contributed by atoms with Gasteiger partial charge in [0, 0.05) is 12.5 Å². The summed E-state index contributed by atoms with van der Waals surface area (Å²) in [5.41, 5.74) is 1.66. The van der Waals surface area contributed by atoms with Gasteiger partial charge in [0.05, 0.1) is 32.2 Å². The second-order valence-electron chi connectivity index (χ2n) is 5.66. The Balaban J connectivity index is 1.72. The Bertz CT molecular complexity index is 906. The molecule has 0 aliphatic heterocycles. The zero-order chi connectivity index (χ0) is 18.4. The Morgan fingerprint density at radius 3 is 2.92 bits per heavy atom. The predicted octanol–water partition coefficient (Wildman–Crippen LogP) is 3.14. The van der Waals surface area contributed by atoms with E-state index in [0.29, 0.717) is 17.9 Å². The van der Waals surface area contributed by atoms with Crippen LogP contribution in [0.25, 0.3) is 0 Å². The first kappa shape index (κ1) is 17.4. The molecular formula is C20H18N2O4. The molecule has 0 bridgehead atoms. The van der Waals surface area contributed by atoms with Crippen molar-refractivity contribution in [3.8, 4) is 18.1 Å². The van der Waals surface area contributed by atoms with Crippen molar-refractivity contribution >= 4 is 5.91 Å². The highest BCUT2D eigenvalue weighted by Crippen LogP contribution is 2.17. The Morgan fingerprint density at radius 2 is 2.19 bits per heavy atom. The summed E-state index contributed by atoms with van der Waals surface area (Å²) in [7, 11) is 1.62. The Hall–Kier alpha value is -3.46. The van der Waals surface area contributed by atoms with Crippen LogP contribution in [0.3, 0.4) is 0 Å². The van der Waals surface area contributed by atoms with Crippen LogP contribution in [0.15, 0.2) is 57.7 Å². The second-order valence-corrected chi connectivity index (χ2v) is 5.66. The molecule has 0 radical (unpaired) electrons. The number of terminal acetylenes is 1. The number of rotatable bonds is 7. The van der Waals surface area contributed by atoms with Gasteiger partial charge in [-0.25, -0.2) is 0 Å². The highest BCUT2D eigenvalue weighted by Gasteiger charge is 2.21. The monoisotopic (exact) mass is 350 g/mol. The predicted molar refractivity (Wildman–Crippen MR) is 94.6 cm³/mol. The van der Waals surface area contributed by atoms with E-state index in [1.807, 2.05) is 24.3 Å². The molecule has 1 aromatic carbocycles. The molecule has 1 amide bonds. The average molecular weight is 350 g/mol. The summed E-state index contributed by atoms with van der Waals surface area (Å²) >= 11 is 0. The number of amides is 1. The van der Waals surface area contributed by atoms with Gasteiger partial charge < -0.3 is 18.6 Å². The van der Waals surface area contributed by atoms with Crippen LogP contribution in [-0.2, 0) is 13.0 Å². The minimum Gasteiger partial charge on any atom is -0.497 e. The van der Waals surface area contributed by atoms with Gasteiger partial charge >= 0.3 is 0 Å². The van der Waals surface area contributed by atoms with Gasteiger partial charge in [0.25, 0.3) is 5.91 Å². The number of methoxy groups -OCH3 is 1. The molecule has 0 fully saturated rings. The number of nitrogens with zero attached hydrogens (tertiary/aromatic N) is 2.